The first-order valence-electron chi connectivity index (χ1n) is 5.03. The Morgan fingerprint density at radius 2 is 2.06 bits per heavy atom. The minimum atomic E-state index is -0.163. The summed E-state index contributed by atoms with van der Waals surface area (Å²) in [5.41, 5.74) is 1.54. The largest absolute Gasteiger partial charge is 0.348 e. The Morgan fingerprint density at radius 1 is 1.29 bits per heavy atom. The van der Waals surface area contributed by atoms with Gasteiger partial charge in [0.15, 0.2) is 0 Å². The summed E-state index contributed by atoms with van der Waals surface area (Å²) in [6.07, 6.45) is 4.39. The maximum atomic E-state index is 11.7. The molecule has 1 amide bonds. The molecule has 1 aromatic carbocycles. The van der Waals surface area contributed by atoms with Crippen LogP contribution < -0.4 is 5.32 Å². The second kappa shape index (κ2) is 5.72. The standard InChI is InChI=1S/C12H10IN3O/c13-11-3-1-2-9(4-11)5-16-12(17)10-6-14-8-15-7-10/h1-4,6-8H,5H2,(H,16,17). The first-order valence-corrected chi connectivity index (χ1v) is 6.11. The summed E-state index contributed by atoms with van der Waals surface area (Å²) in [7, 11) is 0. The molecule has 0 unspecified atom stereocenters. The molecular formula is C12H10IN3O. The van der Waals surface area contributed by atoms with Gasteiger partial charge in [-0.2, -0.15) is 0 Å². The van der Waals surface area contributed by atoms with E-state index in [-0.39, 0.29) is 5.91 Å². The molecule has 1 heterocycles. The highest BCUT2D eigenvalue weighted by molar-refractivity contribution is 14.1. The van der Waals surface area contributed by atoms with Crippen molar-refractivity contribution < 1.29 is 4.79 Å². The molecule has 2 aromatic rings. The Labute approximate surface area is 113 Å². The number of halogens is 1. The van der Waals surface area contributed by atoms with Crippen molar-refractivity contribution in [1.82, 2.24) is 15.3 Å². The second-order valence-electron chi connectivity index (χ2n) is 3.44. The van der Waals surface area contributed by atoms with Gasteiger partial charge >= 0.3 is 0 Å². The summed E-state index contributed by atoms with van der Waals surface area (Å²) in [6, 6.07) is 7.98. The fourth-order valence-corrected chi connectivity index (χ4v) is 1.96. The molecule has 0 fully saturated rings. The van der Waals surface area contributed by atoms with Crippen LogP contribution in [0.2, 0.25) is 0 Å². The molecule has 0 atom stereocenters. The third-order valence-electron chi connectivity index (χ3n) is 2.16. The van der Waals surface area contributed by atoms with Crippen molar-refractivity contribution in [3.8, 4) is 0 Å². The van der Waals surface area contributed by atoms with Crippen molar-refractivity contribution in [3.05, 3.63) is 57.7 Å². The summed E-state index contributed by atoms with van der Waals surface area (Å²) in [4.78, 5) is 19.3. The molecule has 0 spiro atoms. The molecule has 0 radical (unpaired) electrons. The quantitative estimate of drug-likeness (QED) is 0.871. The molecular weight excluding hydrogens is 329 g/mol. The number of hydrogen-bond acceptors (Lipinski definition) is 3. The van der Waals surface area contributed by atoms with Crippen molar-refractivity contribution in [2.24, 2.45) is 0 Å². The third kappa shape index (κ3) is 3.48. The lowest BCUT2D eigenvalue weighted by Gasteiger charge is -2.05. The minimum Gasteiger partial charge on any atom is -0.348 e. The van der Waals surface area contributed by atoms with Gasteiger partial charge in [0.1, 0.15) is 6.33 Å². The summed E-state index contributed by atoms with van der Waals surface area (Å²) >= 11 is 2.24. The Hall–Kier alpha value is -1.50. The van der Waals surface area contributed by atoms with Gasteiger partial charge in [-0.15, -0.1) is 0 Å². The molecule has 1 N–H and O–H groups in total. The zero-order chi connectivity index (χ0) is 12.1. The summed E-state index contributed by atoms with van der Waals surface area (Å²) in [5.74, 6) is -0.163. The van der Waals surface area contributed by atoms with E-state index in [1.807, 2.05) is 24.3 Å². The zero-order valence-corrected chi connectivity index (χ0v) is 11.1. The van der Waals surface area contributed by atoms with Crippen LogP contribution in [0.5, 0.6) is 0 Å². The summed E-state index contributed by atoms with van der Waals surface area (Å²) < 4.78 is 1.15. The van der Waals surface area contributed by atoms with Gasteiger partial charge in [0.2, 0.25) is 0 Å². The van der Waals surface area contributed by atoms with Gasteiger partial charge in [0.05, 0.1) is 5.56 Å². The van der Waals surface area contributed by atoms with Crippen molar-refractivity contribution in [2.45, 2.75) is 6.54 Å². The lowest BCUT2D eigenvalue weighted by atomic mass is 10.2. The number of nitrogens with one attached hydrogen (secondary N) is 1. The van der Waals surface area contributed by atoms with Gasteiger partial charge in [-0.25, -0.2) is 9.97 Å². The molecule has 86 valence electrons. The monoisotopic (exact) mass is 339 g/mol. The van der Waals surface area contributed by atoms with E-state index in [1.54, 1.807) is 0 Å². The number of amides is 1. The molecule has 4 nitrogen and oxygen atoms in total. The highest BCUT2D eigenvalue weighted by Gasteiger charge is 2.04. The predicted molar refractivity (Wildman–Crippen MR) is 72.4 cm³/mol. The molecule has 0 aliphatic heterocycles. The molecule has 0 saturated heterocycles. The number of carbonyl (C=O) groups is 1. The van der Waals surface area contributed by atoms with E-state index in [2.05, 4.69) is 37.9 Å². The number of aromatic nitrogens is 2. The van der Waals surface area contributed by atoms with E-state index in [1.165, 1.54) is 18.7 Å². The SMILES string of the molecule is O=C(NCc1cccc(I)c1)c1cncnc1. The van der Waals surface area contributed by atoms with Gasteiger partial charge in [-0.1, -0.05) is 12.1 Å². The first kappa shape index (κ1) is 12.0. The van der Waals surface area contributed by atoms with E-state index in [0.29, 0.717) is 12.1 Å². The van der Waals surface area contributed by atoms with E-state index in [0.717, 1.165) is 9.13 Å². The summed E-state index contributed by atoms with van der Waals surface area (Å²) in [5, 5.41) is 2.82. The van der Waals surface area contributed by atoms with Crippen molar-refractivity contribution in [3.63, 3.8) is 0 Å². The smallest absolute Gasteiger partial charge is 0.254 e. The predicted octanol–water partition coefficient (Wildman–Crippen LogP) is 2.01. The molecule has 17 heavy (non-hydrogen) atoms. The number of nitrogens with zero attached hydrogens (tertiary/aromatic N) is 2. The molecule has 0 bridgehead atoms. The van der Waals surface area contributed by atoms with Crippen LogP contribution in [-0.2, 0) is 6.54 Å². The Kier molecular flexibility index (Phi) is 4.03. The summed E-state index contributed by atoms with van der Waals surface area (Å²) in [6.45, 7) is 0.505. The van der Waals surface area contributed by atoms with Crippen molar-refractivity contribution in [2.75, 3.05) is 0 Å². The Balaban J connectivity index is 1.97. The lowest BCUT2D eigenvalue weighted by Crippen LogP contribution is -2.23. The highest BCUT2D eigenvalue weighted by Crippen LogP contribution is 2.07. The molecule has 0 aliphatic carbocycles. The van der Waals surface area contributed by atoms with Crippen LogP contribution in [0.4, 0.5) is 0 Å². The number of carbonyl (C=O) groups excluding carboxylic acids is 1. The van der Waals surface area contributed by atoms with E-state index < -0.39 is 0 Å². The normalized spacial score (nSPS) is 9.94. The van der Waals surface area contributed by atoms with E-state index in [4.69, 9.17) is 0 Å². The fourth-order valence-electron chi connectivity index (χ4n) is 1.35. The fraction of sp³-hybridized carbons (Fsp3) is 0.0833. The minimum absolute atomic E-state index is 0.163. The Morgan fingerprint density at radius 3 is 2.76 bits per heavy atom. The van der Waals surface area contributed by atoms with Gasteiger partial charge in [-0.05, 0) is 40.3 Å². The third-order valence-corrected chi connectivity index (χ3v) is 2.84. The van der Waals surface area contributed by atoms with Crippen LogP contribution in [-0.4, -0.2) is 15.9 Å². The number of rotatable bonds is 3. The maximum absolute atomic E-state index is 11.7. The molecule has 2 rings (SSSR count). The van der Waals surface area contributed by atoms with Crippen LogP contribution >= 0.6 is 22.6 Å². The zero-order valence-electron chi connectivity index (χ0n) is 8.93. The molecule has 0 aliphatic rings. The van der Waals surface area contributed by atoms with Gasteiger partial charge in [0, 0.05) is 22.5 Å². The van der Waals surface area contributed by atoms with E-state index in [9.17, 15) is 4.79 Å². The average Bonchev–Trinajstić information content (AvgIpc) is 2.37. The first-order chi connectivity index (χ1) is 8.25. The van der Waals surface area contributed by atoms with Crippen LogP contribution in [0.25, 0.3) is 0 Å². The van der Waals surface area contributed by atoms with Crippen molar-refractivity contribution >= 4 is 28.5 Å². The van der Waals surface area contributed by atoms with Crippen LogP contribution in [0.15, 0.2) is 43.0 Å². The maximum Gasteiger partial charge on any atom is 0.254 e. The Bertz CT molecular complexity index is 516. The second-order valence-corrected chi connectivity index (χ2v) is 4.69. The lowest BCUT2D eigenvalue weighted by molar-refractivity contribution is 0.0950. The van der Waals surface area contributed by atoms with Gasteiger partial charge in [-0.3, -0.25) is 4.79 Å². The van der Waals surface area contributed by atoms with Crippen LogP contribution in [0.1, 0.15) is 15.9 Å². The van der Waals surface area contributed by atoms with Crippen LogP contribution in [0.3, 0.4) is 0 Å². The van der Waals surface area contributed by atoms with E-state index >= 15 is 0 Å². The molecule has 0 saturated carbocycles. The molecule has 5 heteroatoms. The average molecular weight is 339 g/mol. The number of hydrogen-bond donors (Lipinski definition) is 1. The van der Waals surface area contributed by atoms with Crippen molar-refractivity contribution in [1.29, 1.82) is 0 Å². The van der Waals surface area contributed by atoms with Crippen LogP contribution in [0, 0.1) is 3.57 Å². The molecule has 1 aromatic heterocycles. The topological polar surface area (TPSA) is 54.9 Å². The number of benzene rings is 1. The van der Waals surface area contributed by atoms with Gasteiger partial charge in [0.25, 0.3) is 5.91 Å². The van der Waals surface area contributed by atoms with Gasteiger partial charge < -0.3 is 5.32 Å². The highest BCUT2D eigenvalue weighted by atomic mass is 127.